The van der Waals surface area contributed by atoms with Crippen LogP contribution < -0.4 is 15.4 Å². The van der Waals surface area contributed by atoms with Crippen molar-refractivity contribution < 1.29 is 9.53 Å². The molecule has 0 atom stereocenters. The first-order chi connectivity index (χ1) is 10.1. The lowest BCUT2D eigenvalue weighted by Gasteiger charge is -2.10. The molecule has 21 heavy (non-hydrogen) atoms. The Bertz CT molecular complexity index is 567. The number of rotatable bonds is 5. The van der Waals surface area contributed by atoms with Gasteiger partial charge in [0.2, 0.25) is 5.91 Å². The van der Waals surface area contributed by atoms with Gasteiger partial charge >= 0.3 is 0 Å². The fourth-order valence-electron chi connectivity index (χ4n) is 1.56. The van der Waals surface area contributed by atoms with Crippen LogP contribution in [0.3, 0.4) is 0 Å². The smallest absolute Gasteiger partial charge is 0.224 e. The lowest BCUT2D eigenvalue weighted by Crippen LogP contribution is -2.14. The molecular weight excluding hydrogens is 288 g/mol. The molecule has 0 spiro atoms. The van der Waals surface area contributed by atoms with E-state index in [1.807, 2.05) is 13.1 Å². The predicted molar refractivity (Wildman–Crippen MR) is 85.9 cm³/mol. The Labute approximate surface area is 128 Å². The van der Waals surface area contributed by atoms with Gasteiger partial charge in [-0.25, -0.2) is 4.99 Å². The number of aliphatic imine (C=N–C) groups is 1. The molecule has 0 unspecified atom stereocenters. The highest BCUT2D eigenvalue weighted by Crippen LogP contribution is 2.30. The van der Waals surface area contributed by atoms with Crippen molar-refractivity contribution in [3.05, 3.63) is 18.2 Å². The summed E-state index contributed by atoms with van der Waals surface area (Å²) >= 11 is 1.30. The third-order valence-electron chi connectivity index (χ3n) is 2.53. The molecule has 0 heterocycles. The molecular formula is C14H18N4O2S. The molecule has 1 aromatic rings. The third-order valence-corrected chi connectivity index (χ3v) is 3.11. The van der Waals surface area contributed by atoms with Gasteiger partial charge in [-0.3, -0.25) is 10.1 Å². The predicted octanol–water partition coefficient (Wildman–Crippen LogP) is 2.85. The number of hydrogen-bond acceptors (Lipinski definition) is 5. The Hall–Kier alpha value is -2.20. The van der Waals surface area contributed by atoms with Gasteiger partial charge in [0, 0.05) is 12.5 Å². The first-order valence-electron chi connectivity index (χ1n) is 6.40. The summed E-state index contributed by atoms with van der Waals surface area (Å²) in [4.78, 5) is 16.1. The molecule has 1 rings (SSSR count). The summed E-state index contributed by atoms with van der Waals surface area (Å²) in [5.74, 6) is 0.553. The van der Waals surface area contributed by atoms with Gasteiger partial charge in [0.05, 0.1) is 18.5 Å². The maximum atomic E-state index is 11.7. The molecule has 0 aliphatic rings. The highest BCUT2D eigenvalue weighted by molar-refractivity contribution is 8.13. The lowest BCUT2D eigenvalue weighted by atomic mass is 10.2. The van der Waals surface area contributed by atoms with Gasteiger partial charge in [-0.15, -0.1) is 0 Å². The number of nitrogens with zero attached hydrogens (tertiary/aromatic N) is 2. The van der Waals surface area contributed by atoms with Crippen LogP contribution in [0.5, 0.6) is 5.75 Å². The number of ether oxygens (including phenoxy) is 1. The van der Waals surface area contributed by atoms with Crippen LogP contribution in [0.25, 0.3) is 0 Å². The average Bonchev–Trinajstić information content (AvgIpc) is 2.48. The van der Waals surface area contributed by atoms with E-state index >= 15 is 0 Å². The van der Waals surface area contributed by atoms with Crippen molar-refractivity contribution >= 4 is 34.2 Å². The monoisotopic (exact) mass is 306 g/mol. The lowest BCUT2D eigenvalue weighted by molar-refractivity contribution is -0.116. The van der Waals surface area contributed by atoms with Crippen LogP contribution in [0, 0.1) is 11.5 Å². The zero-order chi connectivity index (χ0) is 15.7. The van der Waals surface area contributed by atoms with Crippen LogP contribution in [0.15, 0.2) is 23.2 Å². The number of hydrogen-bond donors (Lipinski definition) is 2. The largest absolute Gasteiger partial charge is 0.497 e. The molecule has 2 N–H and O–H groups in total. The molecule has 0 saturated heterocycles. The van der Waals surface area contributed by atoms with Gasteiger partial charge in [0.25, 0.3) is 0 Å². The minimum atomic E-state index is -0.0712. The fraction of sp³-hybridized carbons (Fsp3) is 0.357. The minimum absolute atomic E-state index is 0.0712. The number of methoxy groups -OCH3 is 1. The summed E-state index contributed by atoms with van der Waals surface area (Å²) in [5.41, 5.74) is 1.12. The number of benzene rings is 1. The van der Waals surface area contributed by atoms with E-state index in [0.717, 1.165) is 6.42 Å². The Balaban J connectivity index is 3.13. The van der Waals surface area contributed by atoms with E-state index in [9.17, 15) is 4.79 Å². The first kappa shape index (κ1) is 16.9. The second kappa shape index (κ2) is 8.87. The number of carbonyl (C=O) groups excluding carboxylic acids is 1. The standard InChI is InChI=1S/C14H18N4O2S/c1-4-5-13(19)17-11-7-6-10(20-2)8-12(11)18-14(21-3)16-9-15/h6-8H,4-5H2,1-3H3,(H,16,18)(H,17,19). The SMILES string of the molecule is CCCC(=O)Nc1ccc(OC)cc1N=C(NC#N)SC. The summed E-state index contributed by atoms with van der Waals surface area (Å²) in [5, 5.41) is 14.4. The topological polar surface area (TPSA) is 86.5 Å². The number of anilines is 1. The molecule has 0 aliphatic carbocycles. The van der Waals surface area contributed by atoms with Crippen LogP contribution in [0.2, 0.25) is 0 Å². The molecule has 0 aliphatic heterocycles. The normalized spacial score (nSPS) is 10.7. The molecule has 0 fully saturated rings. The van der Waals surface area contributed by atoms with E-state index in [-0.39, 0.29) is 5.91 Å². The maximum absolute atomic E-state index is 11.7. The number of thioether (sulfide) groups is 1. The van der Waals surface area contributed by atoms with Crippen molar-refractivity contribution in [2.75, 3.05) is 18.7 Å². The summed E-state index contributed by atoms with van der Waals surface area (Å²) in [7, 11) is 1.56. The highest BCUT2D eigenvalue weighted by atomic mass is 32.2. The molecule has 1 amide bonds. The Morgan fingerprint density at radius 3 is 2.86 bits per heavy atom. The molecule has 6 nitrogen and oxygen atoms in total. The van der Waals surface area contributed by atoms with E-state index in [1.54, 1.807) is 31.6 Å². The molecule has 0 bridgehead atoms. The van der Waals surface area contributed by atoms with E-state index < -0.39 is 0 Å². The second-order valence-corrected chi connectivity index (χ2v) is 4.83. The Morgan fingerprint density at radius 2 is 2.29 bits per heavy atom. The Morgan fingerprint density at radius 1 is 1.52 bits per heavy atom. The number of nitrogens with one attached hydrogen (secondary N) is 2. The Kier molecular flexibility index (Phi) is 7.12. The van der Waals surface area contributed by atoms with E-state index in [1.165, 1.54) is 11.8 Å². The maximum Gasteiger partial charge on any atom is 0.224 e. The van der Waals surface area contributed by atoms with Crippen molar-refractivity contribution in [2.24, 2.45) is 4.99 Å². The highest BCUT2D eigenvalue weighted by Gasteiger charge is 2.08. The molecule has 0 saturated carbocycles. The van der Waals surface area contributed by atoms with E-state index in [2.05, 4.69) is 15.6 Å². The van der Waals surface area contributed by atoms with Gasteiger partial charge < -0.3 is 10.1 Å². The fourth-order valence-corrected chi connectivity index (χ4v) is 1.90. The van der Waals surface area contributed by atoms with Crippen LogP contribution in [0.4, 0.5) is 11.4 Å². The summed E-state index contributed by atoms with van der Waals surface area (Å²) in [6, 6.07) is 5.18. The number of nitriles is 1. The molecule has 0 aromatic heterocycles. The molecule has 112 valence electrons. The molecule has 1 aromatic carbocycles. The van der Waals surface area contributed by atoms with Gasteiger partial charge in [-0.1, -0.05) is 18.7 Å². The van der Waals surface area contributed by atoms with Crippen molar-refractivity contribution in [1.29, 1.82) is 5.26 Å². The van der Waals surface area contributed by atoms with Crippen molar-refractivity contribution in [2.45, 2.75) is 19.8 Å². The van der Waals surface area contributed by atoms with Crippen LogP contribution >= 0.6 is 11.8 Å². The second-order valence-electron chi connectivity index (χ2n) is 4.04. The van der Waals surface area contributed by atoms with Crippen LogP contribution in [-0.2, 0) is 4.79 Å². The zero-order valence-electron chi connectivity index (χ0n) is 12.3. The van der Waals surface area contributed by atoms with Crippen LogP contribution in [-0.4, -0.2) is 24.4 Å². The summed E-state index contributed by atoms with van der Waals surface area (Å²) in [6.07, 6.45) is 4.85. The zero-order valence-corrected chi connectivity index (χ0v) is 13.1. The first-order valence-corrected chi connectivity index (χ1v) is 7.62. The number of amides is 1. The van der Waals surface area contributed by atoms with E-state index in [4.69, 9.17) is 10.00 Å². The molecule has 7 heteroatoms. The summed E-state index contributed by atoms with van der Waals surface area (Å²) < 4.78 is 5.16. The summed E-state index contributed by atoms with van der Waals surface area (Å²) in [6.45, 7) is 1.94. The van der Waals surface area contributed by atoms with Crippen LogP contribution in [0.1, 0.15) is 19.8 Å². The third kappa shape index (κ3) is 5.36. The number of amidine groups is 1. The molecule has 0 radical (unpaired) electrons. The van der Waals surface area contributed by atoms with E-state index in [0.29, 0.717) is 28.7 Å². The quantitative estimate of drug-likeness (QED) is 0.378. The van der Waals surface area contributed by atoms with Crippen molar-refractivity contribution in [3.8, 4) is 11.9 Å². The van der Waals surface area contributed by atoms with Gasteiger partial charge in [0.1, 0.15) is 5.75 Å². The van der Waals surface area contributed by atoms with Crippen molar-refractivity contribution in [3.63, 3.8) is 0 Å². The average molecular weight is 306 g/mol. The van der Waals surface area contributed by atoms with Gasteiger partial charge in [-0.05, 0) is 24.8 Å². The number of carbonyl (C=O) groups is 1. The van der Waals surface area contributed by atoms with Crippen molar-refractivity contribution in [1.82, 2.24) is 5.32 Å². The minimum Gasteiger partial charge on any atom is -0.497 e. The van der Waals surface area contributed by atoms with Gasteiger partial charge in [0.15, 0.2) is 11.4 Å². The van der Waals surface area contributed by atoms with Gasteiger partial charge in [-0.2, -0.15) is 5.26 Å².